The first-order chi connectivity index (χ1) is 13.6. The number of hydrogen-bond acceptors (Lipinski definition) is 5. The van der Waals surface area contributed by atoms with Crippen LogP contribution in [-0.4, -0.2) is 22.5 Å². The first kappa shape index (κ1) is 20.9. The molecule has 0 radical (unpaired) electrons. The minimum atomic E-state index is -3.75. The highest BCUT2D eigenvalue weighted by molar-refractivity contribution is 14.1. The summed E-state index contributed by atoms with van der Waals surface area (Å²) >= 11 is 19.4. The van der Waals surface area contributed by atoms with E-state index >= 15 is 0 Å². The monoisotopic (exact) mass is 581 g/mol. The molecule has 0 N–H and O–H groups in total. The standard InChI is InChI=1S/C18H11Cl3IN3O3S/c1-10-2-5-12(6-3-10)29(26,27)25-9-14(22)13-8-11(4-7-15(13)25)16-23-17(24-28-16)18(19,20)21/h2-9H,1H3. The van der Waals surface area contributed by atoms with Gasteiger partial charge in [-0.1, -0.05) is 57.7 Å². The quantitative estimate of drug-likeness (QED) is 0.230. The van der Waals surface area contributed by atoms with Gasteiger partial charge in [0.25, 0.3) is 19.7 Å². The lowest BCUT2D eigenvalue weighted by molar-refractivity contribution is 0.423. The van der Waals surface area contributed by atoms with Crippen molar-refractivity contribution < 1.29 is 12.9 Å². The molecule has 0 bridgehead atoms. The van der Waals surface area contributed by atoms with Crippen molar-refractivity contribution in [2.75, 3.05) is 0 Å². The summed E-state index contributed by atoms with van der Waals surface area (Å²) in [6.07, 6.45) is 1.57. The van der Waals surface area contributed by atoms with Gasteiger partial charge in [-0.15, -0.1) is 0 Å². The van der Waals surface area contributed by atoms with Crippen LogP contribution in [0.5, 0.6) is 0 Å². The van der Waals surface area contributed by atoms with E-state index < -0.39 is 13.8 Å². The molecular weight excluding hydrogens is 572 g/mol. The van der Waals surface area contributed by atoms with Gasteiger partial charge >= 0.3 is 0 Å². The zero-order valence-electron chi connectivity index (χ0n) is 14.6. The van der Waals surface area contributed by atoms with Crippen LogP contribution >= 0.6 is 57.4 Å². The number of alkyl halides is 3. The number of nitrogens with zero attached hydrogens (tertiary/aromatic N) is 3. The van der Waals surface area contributed by atoms with Gasteiger partial charge in [-0.2, -0.15) is 4.98 Å². The van der Waals surface area contributed by atoms with Crippen LogP contribution < -0.4 is 0 Å². The van der Waals surface area contributed by atoms with Gasteiger partial charge < -0.3 is 4.52 Å². The Balaban J connectivity index is 1.82. The van der Waals surface area contributed by atoms with Gasteiger partial charge in [-0.05, 0) is 59.8 Å². The van der Waals surface area contributed by atoms with E-state index in [0.717, 1.165) is 9.13 Å². The molecule has 4 aromatic rings. The zero-order valence-corrected chi connectivity index (χ0v) is 19.8. The summed E-state index contributed by atoms with van der Waals surface area (Å²) in [5, 5.41) is 4.39. The van der Waals surface area contributed by atoms with Crippen molar-refractivity contribution in [1.82, 2.24) is 14.1 Å². The fourth-order valence-electron chi connectivity index (χ4n) is 2.77. The second-order valence-corrected chi connectivity index (χ2v) is 11.5. The maximum Gasteiger partial charge on any atom is 0.268 e. The number of aromatic nitrogens is 3. The highest BCUT2D eigenvalue weighted by Gasteiger charge is 2.30. The van der Waals surface area contributed by atoms with Crippen LogP contribution in [0.25, 0.3) is 22.4 Å². The average molecular weight is 583 g/mol. The average Bonchev–Trinajstić information content (AvgIpc) is 3.27. The first-order valence-corrected chi connectivity index (χ1v) is 11.8. The lowest BCUT2D eigenvalue weighted by Gasteiger charge is -2.08. The van der Waals surface area contributed by atoms with Gasteiger partial charge in [0, 0.05) is 20.7 Å². The summed E-state index contributed by atoms with van der Waals surface area (Å²) in [6, 6.07) is 11.8. The molecule has 6 nitrogen and oxygen atoms in total. The normalized spacial score (nSPS) is 12.6. The second-order valence-electron chi connectivity index (χ2n) is 6.24. The van der Waals surface area contributed by atoms with E-state index in [2.05, 4.69) is 32.7 Å². The molecule has 11 heteroatoms. The topological polar surface area (TPSA) is 78.0 Å². The molecule has 0 fully saturated rings. The molecule has 2 heterocycles. The molecule has 0 unspecified atom stereocenters. The molecule has 0 saturated carbocycles. The van der Waals surface area contributed by atoms with Gasteiger partial charge in [0.05, 0.1) is 10.4 Å². The Kier molecular flexibility index (Phi) is 5.35. The molecule has 0 aliphatic carbocycles. The molecule has 29 heavy (non-hydrogen) atoms. The van der Waals surface area contributed by atoms with Crippen molar-refractivity contribution in [3.63, 3.8) is 0 Å². The third-order valence-corrected chi connectivity index (χ3v) is 7.28. The highest BCUT2D eigenvalue weighted by Crippen LogP contribution is 2.37. The minimum Gasteiger partial charge on any atom is -0.334 e. The molecule has 0 saturated heterocycles. The van der Waals surface area contributed by atoms with E-state index in [9.17, 15) is 8.42 Å². The Morgan fingerprint density at radius 2 is 1.79 bits per heavy atom. The number of benzene rings is 2. The number of rotatable bonds is 3. The van der Waals surface area contributed by atoms with Crippen LogP contribution in [0, 0.1) is 10.5 Å². The predicted octanol–water partition coefficient (Wildman–Crippen LogP) is 5.67. The summed E-state index contributed by atoms with van der Waals surface area (Å²) < 4.78 is 31.6. The highest BCUT2D eigenvalue weighted by atomic mass is 127. The van der Waals surface area contributed by atoms with Crippen molar-refractivity contribution in [3.05, 3.63) is 63.6 Å². The fourth-order valence-corrected chi connectivity index (χ4v) is 5.27. The van der Waals surface area contributed by atoms with Crippen LogP contribution in [0.2, 0.25) is 0 Å². The Morgan fingerprint density at radius 1 is 1.10 bits per heavy atom. The first-order valence-electron chi connectivity index (χ1n) is 8.11. The fraction of sp³-hybridized carbons (Fsp3) is 0.111. The van der Waals surface area contributed by atoms with E-state index in [1.54, 1.807) is 48.7 Å². The molecule has 0 aliphatic heterocycles. The number of fused-ring (bicyclic) bond motifs is 1. The maximum absolute atomic E-state index is 13.1. The Hall–Kier alpha value is -1.33. The maximum atomic E-state index is 13.1. The van der Waals surface area contributed by atoms with Crippen molar-refractivity contribution in [3.8, 4) is 11.5 Å². The Labute approximate surface area is 194 Å². The van der Waals surface area contributed by atoms with Crippen LogP contribution in [0.4, 0.5) is 0 Å². The molecule has 0 aliphatic rings. The summed E-state index contributed by atoms with van der Waals surface area (Å²) in [6.45, 7) is 1.90. The largest absolute Gasteiger partial charge is 0.334 e. The van der Waals surface area contributed by atoms with Gasteiger partial charge in [0.1, 0.15) is 0 Å². The van der Waals surface area contributed by atoms with Crippen molar-refractivity contribution in [2.45, 2.75) is 15.6 Å². The van der Waals surface area contributed by atoms with Crippen molar-refractivity contribution >= 4 is 78.3 Å². The van der Waals surface area contributed by atoms with E-state index in [1.807, 2.05) is 6.92 Å². The van der Waals surface area contributed by atoms with Crippen molar-refractivity contribution in [1.29, 1.82) is 0 Å². The Morgan fingerprint density at radius 3 is 2.41 bits per heavy atom. The minimum absolute atomic E-state index is 0.0770. The van der Waals surface area contributed by atoms with E-state index in [-0.39, 0.29) is 16.6 Å². The third kappa shape index (κ3) is 3.88. The number of aryl methyl sites for hydroxylation is 1. The molecular formula is C18H11Cl3IN3O3S. The number of hydrogen-bond donors (Lipinski definition) is 0. The second kappa shape index (κ2) is 7.42. The third-order valence-electron chi connectivity index (χ3n) is 4.23. The summed E-state index contributed by atoms with van der Waals surface area (Å²) in [4.78, 5) is 4.31. The summed E-state index contributed by atoms with van der Waals surface area (Å²) in [5.41, 5.74) is 2.09. The Bertz CT molecular complexity index is 1330. The molecule has 0 amide bonds. The van der Waals surface area contributed by atoms with E-state index in [1.165, 1.54) is 3.97 Å². The lowest BCUT2D eigenvalue weighted by Crippen LogP contribution is -2.11. The smallest absolute Gasteiger partial charge is 0.268 e. The molecule has 2 aromatic heterocycles. The molecule has 4 rings (SSSR count). The van der Waals surface area contributed by atoms with E-state index in [4.69, 9.17) is 39.3 Å². The van der Waals surface area contributed by atoms with Gasteiger partial charge in [-0.25, -0.2) is 12.4 Å². The molecule has 150 valence electrons. The van der Waals surface area contributed by atoms with Crippen LogP contribution in [0.15, 0.2) is 58.1 Å². The summed E-state index contributed by atoms with van der Waals surface area (Å²) in [5.74, 6) is 0.0879. The van der Waals surface area contributed by atoms with Crippen LogP contribution in [0.1, 0.15) is 11.4 Å². The number of halogens is 4. The SMILES string of the molecule is Cc1ccc(S(=O)(=O)n2cc(I)c3cc(-c4nc(C(Cl)(Cl)Cl)no4)ccc32)cc1. The lowest BCUT2D eigenvalue weighted by atomic mass is 10.1. The van der Waals surface area contributed by atoms with E-state index in [0.29, 0.717) is 16.5 Å². The van der Waals surface area contributed by atoms with Crippen molar-refractivity contribution in [2.24, 2.45) is 0 Å². The van der Waals surface area contributed by atoms with Crippen LogP contribution in [0.3, 0.4) is 0 Å². The summed E-state index contributed by atoms with van der Waals surface area (Å²) in [7, 11) is -3.75. The van der Waals surface area contributed by atoms with Crippen LogP contribution in [-0.2, 0) is 13.8 Å². The molecule has 2 aromatic carbocycles. The zero-order chi connectivity index (χ0) is 21.0. The van der Waals surface area contributed by atoms with Gasteiger partial charge in [-0.3, -0.25) is 0 Å². The van der Waals surface area contributed by atoms with Gasteiger partial charge in [0.2, 0.25) is 5.82 Å². The molecule has 0 spiro atoms. The predicted molar refractivity (Wildman–Crippen MR) is 121 cm³/mol. The molecule has 0 atom stereocenters. The van der Waals surface area contributed by atoms with Gasteiger partial charge in [0.15, 0.2) is 0 Å².